The average Bonchev–Trinajstić information content (AvgIpc) is 2.90. The van der Waals surface area contributed by atoms with Crippen molar-refractivity contribution in [3.63, 3.8) is 0 Å². The molecule has 2 aromatic rings. The summed E-state index contributed by atoms with van der Waals surface area (Å²) in [7, 11) is 0. The van der Waals surface area contributed by atoms with Crippen LogP contribution in [0, 0.1) is 5.41 Å². The predicted molar refractivity (Wildman–Crippen MR) is 109 cm³/mol. The lowest BCUT2D eigenvalue weighted by molar-refractivity contribution is -0.126. The van der Waals surface area contributed by atoms with Gasteiger partial charge in [-0.1, -0.05) is 49.2 Å². The molecule has 1 aliphatic heterocycles. The van der Waals surface area contributed by atoms with E-state index in [1.54, 1.807) is 30.3 Å². The lowest BCUT2D eigenvalue weighted by atomic mass is 9.93. The number of nitrogens with zero attached hydrogens (tertiary/aromatic N) is 1. The zero-order valence-electron chi connectivity index (χ0n) is 15.7. The summed E-state index contributed by atoms with van der Waals surface area (Å²) in [5.41, 5.74) is 1.35. The molecule has 0 saturated heterocycles. The molecule has 1 unspecified atom stereocenters. The summed E-state index contributed by atoms with van der Waals surface area (Å²) in [6.07, 6.45) is 0. The number of fused-ring (bicyclic) bond motifs is 1. The van der Waals surface area contributed by atoms with Gasteiger partial charge in [-0.15, -0.1) is 0 Å². The molecule has 148 valence electrons. The summed E-state index contributed by atoms with van der Waals surface area (Å²) in [5.74, 6) is -0.542. The van der Waals surface area contributed by atoms with E-state index in [9.17, 15) is 14.7 Å². The quantitative estimate of drug-likeness (QED) is 0.745. The summed E-state index contributed by atoms with van der Waals surface area (Å²) >= 11 is 12.1. The summed E-state index contributed by atoms with van der Waals surface area (Å²) in [4.78, 5) is 27.5. The monoisotopic (exact) mass is 420 g/mol. The van der Waals surface area contributed by atoms with Crippen molar-refractivity contribution in [2.24, 2.45) is 5.41 Å². The van der Waals surface area contributed by atoms with Crippen molar-refractivity contribution in [3.05, 3.63) is 69.2 Å². The van der Waals surface area contributed by atoms with Crippen LogP contribution in [-0.2, 0) is 11.3 Å². The number of nitrogens with one attached hydrogen (secondary N) is 1. The molecule has 2 aromatic carbocycles. The largest absolute Gasteiger partial charge is 0.396 e. The standard InChI is InChI=1S/C21H22Cl2N2O3/c1-21(2,12-26)11-25-18(17-9-15(23)6-7-16(17)20(25)28)19(27)24-10-13-4-3-5-14(22)8-13/h3-9,18,26H,10-12H2,1-2H3,(H,24,27). The maximum Gasteiger partial charge on any atom is 0.255 e. The van der Waals surface area contributed by atoms with Gasteiger partial charge in [0.25, 0.3) is 5.91 Å². The number of carbonyl (C=O) groups is 2. The number of hydrogen-bond acceptors (Lipinski definition) is 3. The van der Waals surface area contributed by atoms with Crippen LogP contribution < -0.4 is 5.32 Å². The van der Waals surface area contributed by atoms with Gasteiger partial charge >= 0.3 is 0 Å². The van der Waals surface area contributed by atoms with Crippen LogP contribution in [0.15, 0.2) is 42.5 Å². The number of benzene rings is 2. The minimum absolute atomic E-state index is 0.106. The van der Waals surface area contributed by atoms with Gasteiger partial charge in [-0.3, -0.25) is 9.59 Å². The third-order valence-corrected chi connectivity index (χ3v) is 5.21. The fourth-order valence-corrected chi connectivity index (χ4v) is 3.68. The Morgan fingerprint density at radius 2 is 1.89 bits per heavy atom. The summed E-state index contributed by atoms with van der Waals surface area (Å²) in [5, 5.41) is 13.6. The zero-order valence-corrected chi connectivity index (χ0v) is 17.2. The summed E-state index contributed by atoms with van der Waals surface area (Å²) < 4.78 is 0. The normalized spacial score (nSPS) is 16.2. The minimum atomic E-state index is -0.800. The molecule has 5 nitrogen and oxygen atoms in total. The molecule has 0 radical (unpaired) electrons. The zero-order chi connectivity index (χ0) is 20.5. The van der Waals surface area contributed by atoms with E-state index in [0.717, 1.165) is 5.56 Å². The number of aliphatic hydroxyl groups excluding tert-OH is 1. The fraction of sp³-hybridized carbons (Fsp3) is 0.333. The molecular weight excluding hydrogens is 399 g/mol. The molecule has 0 spiro atoms. The van der Waals surface area contributed by atoms with E-state index in [4.69, 9.17) is 23.2 Å². The maximum absolute atomic E-state index is 13.1. The fourth-order valence-electron chi connectivity index (χ4n) is 3.28. The Labute approximate surface area is 174 Å². The predicted octanol–water partition coefficient (Wildman–Crippen LogP) is 3.83. The average molecular weight is 421 g/mol. The van der Waals surface area contributed by atoms with Crippen molar-refractivity contribution in [1.82, 2.24) is 10.2 Å². The highest BCUT2D eigenvalue weighted by Gasteiger charge is 2.43. The van der Waals surface area contributed by atoms with E-state index in [2.05, 4.69) is 5.32 Å². The van der Waals surface area contributed by atoms with E-state index < -0.39 is 11.5 Å². The van der Waals surface area contributed by atoms with Crippen LogP contribution in [0.1, 0.15) is 41.4 Å². The highest BCUT2D eigenvalue weighted by Crippen LogP contribution is 2.37. The maximum atomic E-state index is 13.1. The molecule has 1 atom stereocenters. The van der Waals surface area contributed by atoms with Crippen molar-refractivity contribution >= 4 is 35.0 Å². The van der Waals surface area contributed by atoms with Gasteiger partial charge in [0, 0.05) is 40.7 Å². The van der Waals surface area contributed by atoms with Gasteiger partial charge < -0.3 is 15.3 Å². The first-order valence-corrected chi connectivity index (χ1v) is 9.71. The lowest BCUT2D eigenvalue weighted by Gasteiger charge is -2.32. The van der Waals surface area contributed by atoms with Gasteiger partial charge in [-0.2, -0.15) is 0 Å². The molecule has 1 aliphatic rings. The number of amides is 2. The highest BCUT2D eigenvalue weighted by molar-refractivity contribution is 6.31. The van der Waals surface area contributed by atoms with E-state index in [1.807, 2.05) is 26.0 Å². The Morgan fingerprint density at radius 1 is 1.18 bits per heavy atom. The van der Waals surface area contributed by atoms with Crippen molar-refractivity contribution in [2.75, 3.05) is 13.2 Å². The Kier molecular flexibility index (Phi) is 5.98. The molecule has 28 heavy (non-hydrogen) atoms. The Morgan fingerprint density at radius 3 is 2.57 bits per heavy atom. The molecule has 2 amide bonds. The molecular formula is C21H22Cl2N2O3. The van der Waals surface area contributed by atoms with Crippen LogP contribution in [0.3, 0.4) is 0 Å². The molecule has 0 aliphatic carbocycles. The number of hydrogen-bond donors (Lipinski definition) is 2. The smallest absolute Gasteiger partial charge is 0.255 e. The van der Waals surface area contributed by atoms with Crippen LogP contribution in [0.5, 0.6) is 0 Å². The molecule has 7 heteroatoms. The Balaban J connectivity index is 1.88. The number of rotatable bonds is 6. The SMILES string of the molecule is CC(C)(CO)CN1C(=O)c2ccc(Cl)cc2C1C(=O)NCc1cccc(Cl)c1. The second-order valence-electron chi connectivity index (χ2n) is 7.74. The molecule has 3 rings (SSSR count). The Hall–Kier alpha value is -2.08. The van der Waals surface area contributed by atoms with E-state index in [0.29, 0.717) is 21.2 Å². The third kappa shape index (κ3) is 4.32. The van der Waals surface area contributed by atoms with Gasteiger partial charge in [0.1, 0.15) is 6.04 Å². The van der Waals surface area contributed by atoms with Crippen molar-refractivity contribution in [2.45, 2.75) is 26.4 Å². The van der Waals surface area contributed by atoms with E-state index in [-0.39, 0.29) is 31.5 Å². The number of carbonyl (C=O) groups excluding carboxylic acids is 2. The Bertz CT molecular complexity index is 914. The van der Waals surface area contributed by atoms with E-state index in [1.165, 1.54) is 4.90 Å². The number of aliphatic hydroxyl groups is 1. The molecule has 0 bridgehead atoms. The van der Waals surface area contributed by atoms with Crippen molar-refractivity contribution < 1.29 is 14.7 Å². The van der Waals surface area contributed by atoms with Crippen LogP contribution in [0.2, 0.25) is 10.0 Å². The highest BCUT2D eigenvalue weighted by atomic mass is 35.5. The van der Waals surface area contributed by atoms with Gasteiger partial charge in [0.05, 0.1) is 0 Å². The second-order valence-corrected chi connectivity index (χ2v) is 8.61. The first kappa shape index (κ1) is 20.6. The first-order valence-electron chi connectivity index (χ1n) is 8.95. The summed E-state index contributed by atoms with van der Waals surface area (Å²) in [6, 6.07) is 11.4. The van der Waals surface area contributed by atoms with Crippen LogP contribution >= 0.6 is 23.2 Å². The first-order chi connectivity index (χ1) is 13.2. The topological polar surface area (TPSA) is 69.6 Å². The number of halogens is 2. The van der Waals surface area contributed by atoms with Crippen LogP contribution in [0.25, 0.3) is 0 Å². The van der Waals surface area contributed by atoms with Crippen LogP contribution in [0.4, 0.5) is 0 Å². The molecule has 0 aromatic heterocycles. The van der Waals surface area contributed by atoms with Gasteiger partial charge in [-0.05, 0) is 41.5 Å². The van der Waals surface area contributed by atoms with Gasteiger partial charge in [-0.25, -0.2) is 0 Å². The van der Waals surface area contributed by atoms with E-state index >= 15 is 0 Å². The second kappa shape index (κ2) is 8.11. The molecule has 0 fully saturated rings. The van der Waals surface area contributed by atoms with Crippen molar-refractivity contribution in [3.8, 4) is 0 Å². The van der Waals surface area contributed by atoms with Crippen LogP contribution in [-0.4, -0.2) is 35.0 Å². The van der Waals surface area contributed by atoms with Crippen molar-refractivity contribution in [1.29, 1.82) is 0 Å². The van der Waals surface area contributed by atoms with Gasteiger partial charge in [0.2, 0.25) is 5.91 Å². The molecule has 1 heterocycles. The third-order valence-electron chi connectivity index (χ3n) is 4.74. The minimum Gasteiger partial charge on any atom is -0.396 e. The molecule has 2 N–H and O–H groups in total. The van der Waals surface area contributed by atoms with Gasteiger partial charge in [0.15, 0.2) is 0 Å². The summed E-state index contributed by atoms with van der Waals surface area (Å²) in [6.45, 7) is 4.11. The lowest BCUT2D eigenvalue weighted by Crippen LogP contribution is -2.44. The molecule has 0 saturated carbocycles.